The number of hydrogen-bond acceptors (Lipinski definition) is 7. The Labute approximate surface area is 204 Å². The molecule has 10 heteroatoms. The fourth-order valence-electron chi connectivity index (χ4n) is 4.13. The minimum absolute atomic E-state index is 0.210. The van der Waals surface area contributed by atoms with Gasteiger partial charge in [0.15, 0.2) is 0 Å². The molecule has 0 fully saturated rings. The predicted molar refractivity (Wildman–Crippen MR) is 134 cm³/mol. The van der Waals surface area contributed by atoms with E-state index in [9.17, 15) is 14.4 Å². The highest BCUT2D eigenvalue weighted by Gasteiger charge is 2.31. The zero-order chi connectivity index (χ0) is 26.1. The molecule has 35 heavy (non-hydrogen) atoms. The highest BCUT2D eigenvalue weighted by atomic mass is 16.5. The molecule has 2 unspecified atom stereocenters. The van der Waals surface area contributed by atoms with Gasteiger partial charge < -0.3 is 26.0 Å². The van der Waals surface area contributed by atoms with Crippen molar-refractivity contribution in [2.75, 3.05) is 23.0 Å². The van der Waals surface area contributed by atoms with Crippen molar-refractivity contribution in [1.82, 2.24) is 4.98 Å². The van der Waals surface area contributed by atoms with Crippen molar-refractivity contribution >= 4 is 35.4 Å². The average Bonchev–Trinajstić information content (AvgIpc) is 3.12. The first-order valence-corrected chi connectivity index (χ1v) is 11.3. The Bertz CT molecular complexity index is 1100. The third-order valence-electron chi connectivity index (χ3n) is 5.49. The molecular weight excluding hydrogens is 452 g/mol. The first-order chi connectivity index (χ1) is 16.5. The van der Waals surface area contributed by atoms with Gasteiger partial charge in [-0.25, -0.2) is 19.4 Å². The van der Waals surface area contributed by atoms with Crippen molar-refractivity contribution in [3.05, 3.63) is 58.7 Å². The second-order valence-electron chi connectivity index (χ2n) is 8.11. The number of ether oxygens (including phenoxy) is 1. The number of carboxylic acids is 2. The van der Waals surface area contributed by atoms with Crippen molar-refractivity contribution in [1.29, 1.82) is 0 Å². The number of nitrogens with two attached hydrogens (primary N) is 1. The molecule has 10 nitrogen and oxygen atoms in total. The number of amides is 1. The van der Waals surface area contributed by atoms with Crippen LogP contribution in [-0.4, -0.2) is 39.8 Å². The van der Waals surface area contributed by atoms with Crippen LogP contribution in [0.5, 0.6) is 0 Å². The second kappa shape index (κ2) is 12.4. The Kier molecular flexibility index (Phi) is 9.63. The van der Waals surface area contributed by atoms with Gasteiger partial charge in [0.25, 0.3) is 0 Å². The van der Waals surface area contributed by atoms with E-state index in [1.54, 1.807) is 13.0 Å². The number of aliphatic carboxylic acids is 2. The van der Waals surface area contributed by atoms with E-state index < -0.39 is 18.0 Å². The van der Waals surface area contributed by atoms with Crippen LogP contribution in [-0.2, 0) is 14.3 Å². The van der Waals surface area contributed by atoms with Gasteiger partial charge in [0.2, 0.25) is 0 Å². The lowest BCUT2D eigenvalue weighted by Crippen LogP contribution is -2.16. The third-order valence-corrected chi connectivity index (χ3v) is 5.49. The van der Waals surface area contributed by atoms with E-state index in [1.165, 1.54) is 22.3 Å². The molecule has 188 valence electrons. The van der Waals surface area contributed by atoms with Crippen molar-refractivity contribution in [2.45, 2.75) is 52.5 Å². The predicted octanol–water partition coefficient (Wildman–Crippen LogP) is 4.61. The van der Waals surface area contributed by atoms with E-state index in [1.807, 2.05) is 6.07 Å². The number of benzene rings is 1. The number of rotatable bonds is 7. The summed E-state index contributed by atoms with van der Waals surface area (Å²) in [6.45, 7) is 8.61. The summed E-state index contributed by atoms with van der Waals surface area (Å²) in [5.41, 5.74) is 11.9. The highest BCUT2D eigenvalue weighted by molar-refractivity contribution is 5.89. The lowest BCUT2D eigenvalue weighted by molar-refractivity contribution is -0.134. The highest BCUT2D eigenvalue weighted by Crippen LogP contribution is 2.45. The molecule has 1 heterocycles. The van der Waals surface area contributed by atoms with Gasteiger partial charge in [-0.3, -0.25) is 5.32 Å². The van der Waals surface area contributed by atoms with Crippen LogP contribution in [0.1, 0.15) is 60.9 Å². The number of carbonyl (C=O) groups excluding carboxylic acids is 1. The molecule has 2 aromatic rings. The van der Waals surface area contributed by atoms with Crippen molar-refractivity contribution in [2.24, 2.45) is 0 Å². The van der Waals surface area contributed by atoms with E-state index >= 15 is 0 Å². The summed E-state index contributed by atoms with van der Waals surface area (Å²) in [5.74, 6) is -0.994. The molecule has 0 spiro atoms. The van der Waals surface area contributed by atoms with E-state index in [0.717, 1.165) is 12.8 Å². The van der Waals surface area contributed by atoms with Gasteiger partial charge in [-0.05, 0) is 68.4 Å². The molecule has 0 radical (unpaired) electrons. The topological polar surface area (TPSA) is 164 Å². The third kappa shape index (κ3) is 7.73. The first kappa shape index (κ1) is 27.2. The number of anilines is 3. The molecular formula is C25H32N4O6. The molecule has 1 aliphatic carbocycles. The molecule has 1 amide bonds. The van der Waals surface area contributed by atoms with Crippen molar-refractivity contribution in [3.63, 3.8) is 0 Å². The Balaban J connectivity index is 0.000000466. The number of pyridine rings is 1. The molecule has 1 aromatic heterocycles. The van der Waals surface area contributed by atoms with E-state index in [4.69, 9.17) is 20.7 Å². The SMILES string of the molecule is CCOC(=O)Nc1ccc(NC2CC(CC)c3cc(C)cc(C)c32)nc1N.O=C(O)/C=C/C(=O)O. The van der Waals surface area contributed by atoms with Gasteiger partial charge in [-0.1, -0.05) is 24.6 Å². The Morgan fingerprint density at radius 3 is 2.34 bits per heavy atom. The first-order valence-electron chi connectivity index (χ1n) is 11.3. The smallest absolute Gasteiger partial charge is 0.411 e. The van der Waals surface area contributed by atoms with Crippen LogP contribution in [0.2, 0.25) is 0 Å². The standard InChI is InChI=1S/C21H28N4O2.C4H4O4/c1-5-14-11-17(19-13(4)9-12(3)10-15(14)19)23-18-8-7-16(20(22)25-18)24-21(26)27-6-2;5-3(6)1-2-4(7)8/h7-10,14,17H,5-6,11H2,1-4H3,(H,24,26)(H3,22,23,25);1-2H,(H,5,6)(H,7,8)/b;2-1+. The summed E-state index contributed by atoms with van der Waals surface area (Å²) in [4.78, 5) is 35.1. The number of nitrogen functional groups attached to an aromatic ring is 1. The number of hydrogen-bond donors (Lipinski definition) is 5. The average molecular weight is 485 g/mol. The Hall–Kier alpha value is -4.08. The van der Waals surface area contributed by atoms with Crippen LogP contribution in [0.4, 0.5) is 22.1 Å². The van der Waals surface area contributed by atoms with Gasteiger partial charge >= 0.3 is 18.0 Å². The Morgan fingerprint density at radius 2 is 1.80 bits per heavy atom. The molecule has 0 saturated carbocycles. The molecule has 0 saturated heterocycles. The van der Waals surface area contributed by atoms with E-state index in [0.29, 0.717) is 36.2 Å². The quantitative estimate of drug-likeness (QED) is 0.353. The molecule has 1 aliphatic rings. The summed E-state index contributed by atoms with van der Waals surface area (Å²) >= 11 is 0. The van der Waals surface area contributed by atoms with Crippen LogP contribution in [0.25, 0.3) is 0 Å². The number of nitrogens with one attached hydrogen (secondary N) is 2. The molecule has 0 aliphatic heterocycles. The molecule has 0 bridgehead atoms. The largest absolute Gasteiger partial charge is 0.478 e. The monoisotopic (exact) mass is 484 g/mol. The number of fused-ring (bicyclic) bond motifs is 1. The number of aryl methyl sites for hydroxylation is 2. The van der Waals surface area contributed by atoms with Crippen LogP contribution in [0.15, 0.2) is 36.4 Å². The molecule has 3 rings (SSSR count). The second-order valence-corrected chi connectivity index (χ2v) is 8.11. The number of aromatic nitrogens is 1. The van der Waals surface area contributed by atoms with Gasteiger partial charge in [0.1, 0.15) is 11.6 Å². The van der Waals surface area contributed by atoms with Crippen LogP contribution < -0.4 is 16.4 Å². The lowest BCUT2D eigenvalue weighted by atomic mass is 9.95. The van der Waals surface area contributed by atoms with Crippen LogP contribution in [0, 0.1) is 13.8 Å². The normalized spacial score (nSPS) is 16.1. The van der Waals surface area contributed by atoms with Gasteiger partial charge in [-0.15, -0.1) is 0 Å². The van der Waals surface area contributed by atoms with Gasteiger partial charge in [0.05, 0.1) is 18.3 Å². The molecule has 6 N–H and O–H groups in total. The zero-order valence-electron chi connectivity index (χ0n) is 20.3. The summed E-state index contributed by atoms with van der Waals surface area (Å²) < 4.78 is 4.88. The number of nitrogens with zero attached hydrogens (tertiary/aromatic N) is 1. The van der Waals surface area contributed by atoms with Gasteiger partial charge in [-0.2, -0.15) is 0 Å². The van der Waals surface area contributed by atoms with E-state index in [2.05, 4.69) is 48.5 Å². The van der Waals surface area contributed by atoms with E-state index in [-0.39, 0.29) is 11.9 Å². The Morgan fingerprint density at radius 1 is 1.14 bits per heavy atom. The summed E-state index contributed by atoms with van der Waals surface area (Å²) in [6.07, 6.45) is 2.74. The number of carbonyl (C=O) groups is 3. The minimum atomic E-state index is -1.26. The summed E-state index contributed by atoms with van der Waals surface area (Å²) in [6, 6.07) is 8.34. The minimum Gasteiger partial charge on any atom is -0.478 e. The lowest BCUT2D eigenvalue weighted by Gasteiger charge is -2.18. The molecule has 2 atom stereocenters. The van der Waals surface area contributed by atoms with Crippen LogP contribution >= 0.6 is 0 Å². The van der Waals surface area contributed by atoms with Gasteiger partial charge in [0, 0.05) is 12.2 Å². The fourth-order valence-corrected chi connectivity index (χ4v) is 4.13. The van der Waals surface area contributed by atoms with Crippen LogP contribution in [0.3, 0.4) is 0 Å². The van der Waals surface area contributed by atoms with Crippen molar-refractivity contribution < 1.29 is 29.3 Å². The zero-order valence-corrected chi connectivity index (χ0v) is 20.3. The maximum absolute atomic E-state index is 11.6. The maximum atomic E-state index is 11.6. The molecule has 1 aromatic carbocycles. The van der Waals surface area contributed by atoms with Crippen molar-refractivity contribution in [3.8, 4) is 0 Å². The summed E-state index contributed by atoms with van der Waals surface area (Å²) in [7, 11) is 0. The maximum Gasteiger partial charge on any atom is 0.411 e. The fraction of sp³-hybridized carbons (Fsp3) is 0.360. The number of carboxylic acid groups (broad SMARTS) is 2. The summed E-state index contributed by atoms with van der Waals surface area (Å²) in [5, 5.41) is 21.8.